The Hall–Kier alpha value is -1.52. The van der Waals surface area contributed by atoms with Crippen molar-refractivity contribution in [1.82, 2.24) is 0 Å². The minimum atomic E-state index is 0.667. The molecule has 0 atom stereocenters. The van der Waals surface area contributed by atoms with E-state index in [-0.39, 0.29) is 0 Å². The van der Waals surface area contributed by atoms with Crippen LogP contribution >= 0.6 is 15.9 Å². The summed E-state index contributed by atoms with van der Waals surface area (Å²) in [4.78, 5) is 0. The Balaban J connectivity index is 1.67. The van der Waals surface area contributed by atoms with Gasteiger partial charge in [0.25, 0.3) is 0 Å². The highest BCUT2D eigenvalue weighted by Gasteiger charge is 2.04. The molecule has 21 heavy (non-hydrogen) atoms. The van der Waals surface area contributed by atoms with Gasteiger partial charge in [-0.25, -0.2) is 0 Å². The number of halogens is 1. The van der Waals surface area contributed by atoms with Gasteiger partial charge in [-0.2, -0.15) is 0 Å². The van der Waals surface area contributed by atoms with Crippen LogP contribution < -0.4 is 11.1 Å². The average Bonchev–Trinajstić information content (AvgIpc) is 2.51. The lowest BCUT2D eigenvalue weighted by Gasteiger charge is -2.12. The fraction of sp³-hybridized carbons (Fsp3) is 0.294. The number of ether oxygens (including phenoxy) is 1. The molecule has 0 saturated heterocycles. The van der Waals surface area contributed by atoms with Gasteiger partial charge in [-0.05, 0) is 36.6 Å². The van der Waals surface area contributed by atoms with Crippen molar-refractivity contribution in [3.8, 4) is 0 Å². The molecule has 3 nitrogen and oxygen atoms in total. The molecule has 0 aliphatic carbocycles. The van der Waals surface area contributed by atoms with E-state index >= 15 is 0 Å². The van der Waals surface area contributed by atoms with Crippen LogP contribution in [0.4, 0.5) is 11.4 Å². The summed E-state index contributed by atoms with van der Waals surface area (Å²) in [6.45, 7) is 4.26. The Morgan fingerprint density at radius 2 is 1.90 bits per heavy atom. The van der Waals surface area contributed by atoms with E-state index in [9.17, 15) is 0 Å². The molecule has 0 radical (unpaired) electrons. The number of benzene rings is 2. The van der Waals surface area contributed by atoms with Gasteiger partial charge in [-0.15, -0.1) is 0 Å². The van der Waals surface area contributed by atoms with Gasteiger partial charge in [0.1, 0.15) is 0 Å². The Morgan fingerprint density at radius 3 is 2.67 bits per heavy atom. The van der Waals surface area contributed by atoms with Crippen molar-refractivity contribution in [2.24, 2.45) is 0 Å². The summed E-state index contributed by atoms with van der Waals surface area (Å²) in [5.74, 6) is 0. The van der Waals surface area contributed by atoms with Crippen molar-refractivity contribution in [3.63, 3.8) is 0 Å². The van der Waals surface area contributed by atoms with Gasteiger partial charge in [0, 0.05) is 17.6 Å². The maximum atomic E-state index is 6.08. The highest BCUT2D eigenvalue weighted by molar-refractivity contribution is 9.10. The second kappa shape index (κ2) is 8.05. The molecule has 0 fully saturated rings. The Kier molecular flexibility index (Phi) is 6.08. The standard InChI is InChI=1S/C17H21BrN2O/c1-13-15(18)8-9-16(17(13)19)20-10-5-11-21-12-14-6-3-2-4-7-14/h2-4,6-9,20H,5,10-12,19H2,1H3. The lowest BCUT2D eigenvalue weighted by atomic mass is 10.1. The summed E-state index contributed by atoms with van der Waals surface area (Å²) in [6.07, 6.45) is 0.946. The number of hydrogen-bond acceptors (Lipinski definition) is 3. The van der Waals surface area contributed by atoms with Crippen molar-refractivity contribution in [3.05, 3.63) is 58.1 Å². The van der Waals surface area contributed by atoms with Crippen LogP contribution in [0.2, 0.25) is 0 Å². The SMILES string of the molecule is Cc1c(Br)ccc(NCCCOCc2ccccc2)c1N. The molecule has 0 aliphatic heterocycles. The number of hydrogen-bond donors (Lipinski definition) is 2. The first kappa shape index (κ1) is 15.9. The monoisotopic (exact) mass is 348 g/mol. The highest BCUT2D eigenvalue weighted by atomic mass is 79.9. The molecule has 0 heterocycles. The second-order valence-corrected chi connectivity index (χ2v) is 5.81. The van der Waals surface area contributed by atoms with E-state index in [0.29, 0.717) is 6.61 Å². The van der Waals surface area contributed by atoms with Crippen molar-refractivity contribution in [2.45, 2.75) is 20.0 Å². The quantitative estimate of drug-likeness (QED) is 0.577. The van der Waals surface area contributed by atoms with Gasteiger partial charge in [-0.3, -0.25) is 0 Å². The molecule has 112 valence electrons. The lowest BCUT2D eigenvalue weighted by molar-refractivity contribution is 0.120. The predicted molar refractivity (Wildman–Crippen MR) is 92.5 cm³/mol. The number of rotatable bonds is 7. The summed E-state index contributed by atoms with van der Waals surface area (Å²) in [5.41, 5.74) is 10.1. The number of anilines is 2. The molecule has 2 aromatic rings. The minimum absolute atomic E-state index is 0.667. The molecular weight excluding hydrogens is 328 g/mol. The zero-order valence-electron chi connectivity index (χ0n) is 12.2. The van der Waals surface area contributed by atoms with Crippen LogP contribution in [-0.2, 0) is 11.3 Å². The molecule has 0 aromatic heterocycles. The van der Waals surface area contributed by atoms with Crippen LogP contribution in [0.15, 0.2) is 46.9 Å². The smallest absolute Gasteiger partial charge is 0.0716 e. The Morgan fingerprint density at radius 1 is 1.14 bits per heavy atom. The third-order valence-corrected chi connectivity index (χ3v) is 4.20. The van der Waals surface area contributed by atoms with Crippen LogP contribution in [-0.4, -0.2) is 13.2 Å². The van der Waals surface area contributed by atoms with Gasteiger partial charge in [0.15, 0.2) is 0 Å². The van der Waals surface area contributed by atoms with E-state index in [2.05, 4.69) is 33.4 Å². The van der Waals surface area contributed by atoms with E-state index in [1.54, 1.807) is 0 Å². The van der Waals surface area contributed by atoms with E-state index in [1.807, 2.05) is 37.3 Å². The maximum absolute atomic E-state index is 6.08. The van der Waals surface area contributed by atoms with Crippen LogP contribution in [0.3, 0.4) is 0 Å². The molecule has 3 N–H and O–H groups in total. The summed E-state index contributed by atoms with van der Waals surface area (Å²) in [6, 6.07) is 14.2. The summed E-state index contributed by atoms with van der Waals surface area (Å²) >= 11 is 3.48. The average molecular weight is 349 g/mol. The second-order valence-electron chi connectivity index (χ2n) is 4.95. The van der Waals surface area contributed by atoms with Gasteiger partial charge in [0.05, 0.1) is 18.0 Å². The first-order valence-corrected chi connectivity index (χ1v) is 7.88. The number of nitrogens with two attached hydrogens (primary N) is 1. The van der Waals surface area contributed by atoms with Crippen LogP contribution in [0.25, 0.3) is 0 Å². The van der Waals surface area contributed by atoms with Crippen LogP contribution in [0.1, 0.15) is 17.5 Å². The van der Waals surface area contributed by atoms with Gasteiger partial charge in [0.2, 0.25) is 0 Å². The molecular formula is C17H21BrN2O. The predicted octanol–water partition coefficient (Wildman–Crippen LogP) is 4.36. The van der Waals surface area contributed by atoms with Crippen molar-refractivity contribution in [2.75, 3.05) is 24.2 Å². The Labute approximate surface area is 134 Å². The molecule has 0 spiro atoms. The zero-order valence-corrected chi connectivity index (χ0v) is 13.8. The molecule has 0 unspecified atom stereocenters. The van der Waals surface area contributed by atoms with E-state index in [1.165, 1.54) is 5.56 Å². The van der Waals surface area contributed by atoms with E-state index < -0.39 is 0 Å². The summed E-state index contributed by atoms with van der Waals surface area (Å²) in [7, 11) is 0. The molecule has 0 aliphatic rings. The van der Waals surface area contributed by atoms with Crippen molar-refractivity contribution >= 4 is 27.3 Å². The topological polar surface area (TPSA) is 47.3 Å². The third-order valence-electron chi connectivity index (χ3n) is 3.34. The molecule has 0 saturated carbocycles. The minimum Gasteiger partial charge on any atom is -0.397 e. The fourth-order valence-electron chi connectivity index (χ4n) is 2.02. The molecule has 2 rings (SSSR count). The van der Waals surface area contributed by atoms with Crippen LogP contribution in [0.5, 0.6) is 0 Å². The number of nitrogen functional groups attached to an aromatic ring is 1. The normalized spacial score (nSPS) is 10.6. The third kappa shape index (κ3) is 4.76. The van der Waals surface area contributed by atoms with Gasteiger partial charge < -0.3 is 15.8 Å². The van der Waals surface area contributed by atoms with Crippen molar-refractivity contribution in [1.29, 1.82) is 0 Å². The molecule has 4 heteroatoms. The lowest BCUT2D eigenvalue weighted by Crippen LogP contribution is -2.08. The summed E-state index contributed by atoms with van der Waals surface area (Å²) < 4.78 is 6.69. The number of nitrogens with one attached hydrogen (secondary N) is 1. The van der Waals surface area contributed by atoms with Crippen molar-refractivity contribution < 1.29 is 4.74 Å². The fourth-order valence-corrected chi connectivity index (χ4v) is 2.36. The maximum Gasteiger partial charge on any atom is 0.0716 e. The van der Waals surface area contributed by atoms with E-state index in [4.69, 9.17) is 10.5 Å². The first-order valence-electron chi connectivity index (χ1n) is 7.08. The van der Waals surface area contributed by atoms with Crippen LogP contribution in [0, 0.1) is 6.92 Å². The highest BCUT2D eigenvalue weighted by Crippen LogP contribution is 2.28. The molecule has 2 aromatic carbocycles. The van der Waals surface area contributed by atoms with Gasteiger partial charge >= 0.3 is 0 Å². The van der Waals surface area contributed by atoms with Gasteiger partial charge in [-0.1, -0.05) is 46.3 Å². The Bertz CT molecular complexity index is 573. The summed E-state index contributed by atoms with van der Waals surface area (Å²) in [5, 5.41) is 3.35. The largest absolute Gasteiger partial charge is 0.397 e. The molecule has 0 bridgehead atoms. The zero-order chi connectivity index (χ0) is 15.1. The van der Waals surface area contributed by atoms with E-state index in [0.717, 1.165) is 41.0 Å². The first-order chi connectivity index (χ1) is 10.2. The molecule has 0 amide bonds.